The lowest BCUT2D eigenvalue weighted by molar-refractivity contribution is -0.113. The van der Waals surface area contributed by atoms with Crippen LogP contribution in [0, 0.1) is 0 Å². The van der Waals surface area contributed by atoms with Crippen molar-refractivity contribution in [1.82, 2.24) is 14.8 Å². The molecule has 0 aliphatic rings. The van der Waals surface area contributed by atoms with Crippen LogP contribution in [0.25, 0.3) is 22.5 Å². The number of thiophene rings is 2. The molecule has 4 rings (SSSR count). The maximum Gasteiger partial charge on any atom is 0.341 e. The highest BCUT2D eigenvalue weighted by molar-refractivity contribution is 7.99. The molecule has 0 aliphatic carbocycles. The van der Waals surface area contributed by atoms with E-state index in [4.69, 9.17) is 4.74 Å². The molecule has 3 heterocycles. The number of carbonyl (C=O) groups is 2. The van der Waals surface area contributed by atoms with Gasteiger partial charge < -0.3 is 14.6 Å². The molecule has 10 heteroatoms. The molecule has 4 aromatic rings. The van der Waals surface area contributed by atoms with E-state index in [2.05, 4.69) is 40.8 Å². The summed E-state index contributed by atoms with van der Waals surface area (Å²) in [6, 6.07) is 11.7. The number of hydrogen-bond acceptors (Lipinski definition) is 8. The molecule has 0 spiro atoms. The van der Waals surface area contributed by atoms with Crippen molar-refractivity contribution >= 4 is 51.3 Å². The third-order valence-corrected chi connectivity index (χ3v) is 8.37. The monoisotopic (exact) mass is 526 g/mol. The second-order valence-electron chi connectivity index (χ2n) is 8.03. The molecule has 0 fully saturated rings. The van der Waals surface area contributed by atoms with Gasteiger partial charge in [0.2, 0.25) is 5.91 Å². The van der Waals surface area contributed by atoms with Crippen LogP contribution in [0.5, 0.6) is 0 Å². The largest absolute Gasteiger partial charge is 0.462 e. The Bertz CT molecular complexity index is 1320. The summed E-state index contributed by atoms with van der Waals surface area (Å²) < 4.78 is 7.16. The molecule has 0 saturated carbocycles. The number of benzene rings is 1. The van der Waals surface area contributed by atoms with Gasteiger partial charge >= 0.3 is 5.97 Å². The van der Waals surface area contributed by atoms with Crippen molar-refractivity contribution in [2.45, 2.75) is 31.8 Å². The molecular weight excluding hydrogens is 501 g/mol. The van der Waals surface area contributed by atoms with E-state index in [0.717, 1.165) is 22.5 Å². The first kappa shape index (κ1) is 25.2. The van der Waals surface area contributed by atoms with E-state index >= 15 is 0 Å². The molecule has 0 radical (unpaired) electrons. The molecule has 1 aromatic carbocycles. The van der Waals surface area contributed by atoms with Crippen LogP contribution in [0.1, 0.15) is 41.9 Å². The lowest BCUT2D eigenvalue weighted by atomic mass is 10.0. The SMILES string of the molecule is CCOC(=O)c1c(-c2ccccc2)csc1NC(=O)CSc1nnc(-c2csc(C(C)C)c2)n1C. The normalized spacial score (nSPS) is 11.1. The van der Waals surface area contributed by atoms with Crippen molar-refractivity contribution in [2.24, 2.45) is 7.05 Å². The maximum atomic E-state index is 12.8. The third-order valence-electron chi connectivity index (χ3n) is 5.22. The lowest BCUT2D eigenvalue weighted by Gasteiger charge is -2.09. The third kappa shape index (κ3) is 5.66. The number of nitrogens with one attached hydrogen (secondary N) is 1. The van der Waals surface area contributed by atoms with E-state index in [1.807, 2.05) is 47.3 Å². The molecule has 1 amide bonds. The molecule has 182 valence electrons. The molecule has 0 aliphatic heterocycles. The van der Waals surface area contributed by atoms with E-state index in [1.165, 1.54) is 28.0 Å². The van der Waals surface area contributed by atoms with Gasteiger partial charge in [-0.05, 0) is 24.5 Å². The van der Waals surface area contributed by atoms with Gasteiger partial charge in [0.15, 0.2) is 11.0 Å². The number of carbonyl (C=O) groups excluding carboxylic acids is 2. The zero-order valence-corrected chi connectivity index (χ0v) is 22.4. The predicted molar refractivity (Wildman–Crippen MR) is 143 cm³/mol. The van der Waals surface area contributed by atoms with Crippen LogP contribution in [-0.2, 0) is 16.6 Å². The van der Waals surface area contributed by atoms with E-state index in [1.54, 1.807) is 18.3 Å². The summed E-state index contributed by atoms with van der Waals surface area (Å²) >= 11 is 4.32. The zero-order valence-electron chi connectivity index (χ0n) is 19.9. The van der Waals surface area contributed by atoms with Crippen LogP contribution in [0.4, 0.5) is 5.00 Å². The number of aromatic nitrogens is 3. The Hall–Kier alpha value is -2.95. The zero-order chi connectivity index (χ0) is 24.9. The minimum atomic E-state index is -0.454. The number of esters is 1. The predicted octanol–water partition coefficient (Wildman–Crippen LogP) is 6.30. The molecule has 0 unspecified atom stereocenters. The molecular formula is C25H26N4O3S3. The Morgan fingerprint density at radius 3 is 2.57 bits per heavy atom. The molecule has 7 nitrogen and oxygen atoms in total. The molecule has 3 aromatic heterocycles. The topological polar surface area (TPSA) is 86.1 Å². The summed E-state index contributed by atoms with van der Waals surface area (Å²) in [5.41, 5.74) is 3.03. The van der Waals surface area contributed by atoms with E-state index in [0.29, 0.717) is 21.6 Å². The van der Waals surface area contributed by atoms with Gasteiger partial charge in [0.1, 0.15) is 10.6 Å². The van der Waals surface area contributed by atoms with Gasteiger partial charge in [0.05, 0.1) is 12.4 Å². The molecule has 35 heavy (non-hydrogen) atoms. The molecule has 0 atom stereocenters. The van der Waals surface area contributed by atoms with Gasteiger partial charge in [-0.15, -0.1) is 32.9 Å². The van der Waals surface area contributed by atoms with Gasteiger partial charge in [0.25, 0.3) is 0 Å². The van der Waals surface area contributed by atoms with Gasteiger partial charge in [-0.25, -0.2) is 4.79 Å². The van der Waals surface area contributed by atoms with E-state index < -0.39 is 5.97 Å². The number of hydrogen-bond donors (Lipinski definition) is 1. The number of thioether (sulfide) groups is 1. The fourth-order valence-electron chi connectivity index (χ4n) is 3.44. The van der Waals surface area contributed by atoms with Crippen LogP contribution in [0.2, 0.25) is 0 Å². The van der Waals surface area contributed by atoms with Crippen molar-refractivity contribution in [3.63, 3.8) is 0 Å². The summed E-state index contributed by atoms with van der Waals surface area (Å²) in [4.78, 5) is 26.8. The van der Waals surface area contributed by atoms with Crippen molar-refractivity contribution in [2.75, 3.05) is 17.7 Å². The van der Waals surface area contributed by atoms with E-state index in [-0.39, 0.29) is 18.3 Å². The summed E-state index contributed by atoms with van der Waals surface area (Å²) in [5.74, 6) is 0.674. The average Bonchev–Trinajstić information content (AvgIpc) is 3.57. The number of amides is 1. The second-order valence-corrected chi connectivity index (χ2v) is 10.8. The smallest absolute Gasteiger partial charge is 0.341 e. The van der Waals surface area contributed by atoms with Crippen LogP contribution in [-0.4, -0.2) is 39.0 Å². The fraction of sp³-hybridized carbons (Fsp3) is 0.280. The standard InChI is InChI=1S/C25H26N4O3S3/c1-5-32-24(31)21-18(16-9-7-6-8-10-16)13-34-23(21)26-20(30)14-35-25-28-27-22(29(25)4)17-11-19(15(2)3)33-12-17/h6-13,15H,5,14H2,1-4H3,(H,26,30). The first-order chi connectivity index (χ1) is 16.9. The Balaban J connectivity index is 1.47. The Kier molecular flexibility index (Phi) is 8.04. The number of nitrogens with zero attached hydrogens (tertiary/aromatic N) is 3. The van der Waals surface area contributed by atoms with Crippen molar-refractivity contribution in [1.29, 1.82) is 0 Å². The summed E-state index contributed by atoms with van der Waals surface area (Å²) in [6.45, 7) is 6.34. The Morgan fingerprint density at radius 2 is 1.89 bits per heavy atom. The number of anilines is 1. The van der Waals surface area contributed by atoms with Crippen LogP contribution < -0.4 is 5.32 Å². The first-order valence-electron chi connectivity index (χ1n) is 11.1. The highest BCUT2D eigenvalue weighted by Gasteiger charge is 2.23. The van der Waals surface area contributed by atoms with Gasteiger partial charge in [-0.1, -0.05) is 55.9 Å². The van der Waals surface area contributed by atoms with Gasteiger partial charge in [-0.2, -0.15) is 0 Å². The van der Waals surface area contributed by atoms with Crippen molar-refractivity contribution in [3.05, 3.63) is 57.6 Å². The maximum absolute atomic E-state index is 12.8. The van der Waals surface area contributed by atoms with Crippen molar-refractivity contribution < 1.29 is 14.3 Å². The minimum Gasteiger partial charge on any atom is -0.462 e. The Labute approximate surface area is 216 Å². The Morgan fingerprint density at radius 1 is 1.11 bits per heavy atom. The summed E-state index contributed by atoms with van der Waals surface area (Å²) in [7, 11) is 1.90. The number of rotatable bonds is 9. The van der Waals surface area contributed by atoms with E-state index in [9.17, 15) is 9.59 Å². The lowest BCUT2D eigenvalue weighted by Crippen LogP contribution is -2.16. The van der Waals surface area contributed by atoms with Crippen LogP contribution >= 0.6 is 34.4 Å². The fourth-order valence-corrected chi connectivity index (χ4v) is 6.03. The summed E-state index contributed by atoms with van der Waals surface area (Å²) in [5, 5.41) is 16.6. The summed E-state index contributed by atoms with van der Waals surface area (Å²) in [6.07, 6.45) is 0. The number of ether oxygens (including phenoxy) is 1. The highest BCUT2D eigenvalue weighted by atomic mass is 32.2. The van der Waals surface area contributed by atoms with Crippen LogP contribution in [0.3, 0.4) is 0 Å². The van der Waals surface area contributed by atoms with Crippen molar-refractivity contribution in [3.8, 4) is 22.5 Å². The quantitative estimate of drug-likeness (QED) is 0.203. The first-order valence-corrected chi connectivity index (χ1v) is 13.9. The highest BCUT2D eigenvalue weighted by Crippen LogP contribution is 2.36. The molecule has 1 N–H and O–H groups in total. The molecule has 0 saturated heterocycles. The van der Waals surface area contributed by atoms with Gasteiger partial charge in [0, 0.05) is 33.8 Å². The molecule has 0 bridgehead atoms. The minimum absolute atomic E-state index is 0.133. The second kappa shape index (κ2) is 11.2. The van der Waals surface area contributed by atoms with Crippen LogP contribution in [0.15, 0.2) is 52.3 Å². The van der Waals surface area contributed by atoms with Gasteiger partial charge in [-0.3, -0.25) is 4.79 Å². The average molecular weight is 527 g/mol.